The Labute approximate surface area is 97.3 Å². The average Bonchev–Trinajstić information content (AvgIpc) is 2.75. The molecule has 0 saturated heterocycles. The molecule has 0 spiro atoms. The van der Waals surface area contributed by atoms with Crippen LogP contribution in [0.3, 0.4) is 0 Å². The zero-order chi connectivity index (χ0) is 12.3. The van der Waals surface area contributed by atoms with Gasteiger partial charge in [-0.2, -0.15) is 0 Å². The molecule has 5 heteroatoms. The van der Waals surface area contributed by atoms with E-state index in [1.165, 1.54) is 18.3 Å². The van der Waals surface area contributed by atoms with Crippen molar-refractivity contribution in [2.75, 3.05) is 6.54 Å². The lowest BCUT2D eigenvalue weighted by atomic mass is 10.2. The summed E-state index contributed by atoms with van der Waals surface area (Å²) in [7, 11) is 0. The topological polar surface area (TPSA) is 52.0 Å². The second-order valence-electron chi connectivity index (χ2n) is 3.63. The molecule has 1 heterocycles. The molecular weight excluding hydrogens is 226 g/mol. The van der Waals surface area contributed by atoms with Crippen LogP contribution in [-0.2, 0) is 6.42 Å². The molecule has 17 heavy (non-hydrogen) atoms. The first-order valence-electron chi connectivity index (χ1n) is 5.31. The molecule has 2 aromatic rings. The number of hydrogen-bond donors (Lipinski definition) is 1. The van der Waals surface area contributed by atoms with Crippen molar-refractivity contribution in [3.63, 3.8) is 0 Å². The molecular formula is C12H12F2N2O. The van der Waals surface area contributed by atoms with Crippen LogP contribution in [0.4, 0.5) is 8.78 Å². The highest BCUT2D eigenvalue weighted by molar-refractivity contribution is 5.57. The van der Waals surface area contributed by atoms with Gasteiger partial charge in [0, 0.05) is 12.5 Å². The van der Waals surface area contributed by atoms with E-state index in [4.69, 9.17) is 10.2 Å². The number of aromatic nitrogens is 1. The first kappa shape index (κ1) is 11.7. The van der Waals surface area contributed by atoms with E-state index in [1.807, 2.05) is 0 Å². The molecule has 2 rings (SSSR count). The second kappa shape index (κ2) is 5.05. The summed E-state index contributed by atoms with van der Waals surface area (Å²) in [5.74, 6) is -0.468. The molecule has 0 atom stereocenters. The highest BCUT2D eigenvalue weighted by atomic mass is 19.1. The smallest absolute Gasteiger partial charge is 0.194 e. The molecule has 1 aromatic heterocycles. The van der Waals surface area contributed by atoms with Crippen molar-refractivity contribution in [3.8, 4) is 11.3 Å². The molecule has 0 saturated carbocycles. The number of rotatable bonds is 4. The number of oxazole rings is 1. The minimum absolute atomic E-state index is 0.206. The van der Waals surface area contributed by atoms with E-state index < -0.39 is 11.6 Å². The number of benzene rings is 1. The maximum Gasteiger partial charge on any atom is 0.194 e. The number of hydrogen-bond acceptors (Lipinski definition) is 3. The molecule has 0 aliphatic carbocycles. The summed E-state index contributed by atoms with van der Waals surface area (Å²) >= 11 is 0. The fourth-order valence-electron chi connectivity index (χ4n) is 1.49. The van der Waals surface area contributed by atoms with Crippen LogP contribution in [0.15, 0.2) is 28.8 Å². The molecule has 3 nitrogen and oxygen atoms in total. The van der Waals surface area contributed by atoms with Crippen LogP contribution in [0.1, 0.15) is 12.3 Å². The fraction of sp³-hybridized carbons (Fsp3) is 0.250. The molecule has 0 amide bonds. The number of aryl methyl sites for hydroxylation is 1. The van der Waals surface area contributed by atoms with Gasteiger partial charge in [0.15, 0.2) is 11.7 Å². The third-order valence-corrected chi connectivity index (χ3v) is 2.34. The van der Waals surface area contributed by atoms with Crippen LogP contribution in [0.5, 0.6) is 0 Å². The van der Waals surface area contributed by atoms with Crippen molar-refractivity contribution in [3.05, 3.63) is 41.9 Å². The lowest BCUT2D eigenvalue weighted by Gasteiger charge is -1.98. The summed E-state index contributed by atoms with van der Waals surface area (Å²) in [6, 6.07) is 3.33. The predicted molar refractivity (Wildman–Crippen MR) is 59.2 cm³/mol. The van der Waals surface area contributed by atoms with Crippen molar-refractivity contribution in [1.29, 1.82) is 0 Å². The van der Waals surface area contributed by atoms with Crippen molar-refractivity contribution in [1.82, 2.24) is 4.98 Å². The Hall–Kier alpha value is -1.75. The summed E-state index contributed by atoms with van der Waals surface area (Å²) in [6.45, 7) is 0.544. The fourth-order valence-corrected chi connectivity index (χ4v) is 1.49. The van der Waals surface area contributed by atoms with E-state index in [2.05, 4.69) is 4.98 Å². The minimum atomic E-state index is -0.661. The number of nitrogens with two attached hydrogens (primary N) is 1. The lowest BCUT2D eigenvalue weighted by Crippen LogP contribution is -2.00. The molecule has 90 valence electrons. The average molecular weight is 238 g/mol. The highest BCUT2D eigenvalue weighted by Gasteiger charge is 2.11. The largest absolute Gasteiger partial charge is 0.441 e. The van der Waals surface area contributed by atoms with Crippen LogP contribution < -0.4 is 5.73 Å². The summed E-state index contributed by atoms with van der Waals surface area (Å²) < 4.78 is 31.5. The van der Waals surface area contributed by atoms with Crippen LogP contribution in [-0.4, -0.2) is 11.5 Å². The normalized spacial score (nSPS) is 10.8. The van der Waals surface area contributed by atoms with Crippen molar-refractivity contribution < 1.29 is 13.2 Å². The summed E-state index contributed by atoms with van der Waals surface area (Å²) in [5.41, 5.74) is 5.57. The standard InChI is InChI=1S/C12H12F2N2O/c13-8-3-4-9(10(14)6-8)11-7-16-12(17-11)2-1-5-15/h3-4,6-7H,1-2,5,15H2. The molecule has 0 aliphatic rings. The van der Waals surface area contributed by atoms with Gasteiger partial charge < -0.3 is 10.2 Å². The quantitative estimate of drug-likeness (QED) is 0.890. The Kier molecular flexibility index (Phi) is 3.49. The number of halogens is 2. The van der Waals surface area contributed by atoms with Gasteiger partial charge in [-0.15, -0.1) is 0 Å². The van der Waals surface area contributed by atoms with E-state index in [-0.39, 0.29) is 5.56 Å². The summed E-state index contributed by atoms with van der Waals surface area (Å²) in [4.78, 5) is 4.01. The van der Waals surface area contributed by atoms with Gasteiger partial charge in [-0.25, -0.2) is 13.8 Å². The van der Waals surface area contributed by atoms with Gasteiger partial charge in [-0.3, -0.25) is 0 Å². The van der Waals surface area contributed by atoms with Gasteiger partial charge in [0.05, 0.1) is 11.8 Å². The second-order valence-corrected chi connectivity index (χ2v) is 3.63. The molecule has 1 aromatic carbocycles. The zero-order valence-corrected chi connectivity index (χ0v) is 9.12. The Morgan fingerprint density at radius 2 is 2.12 bits per heavy atom. The van der Waals surface area contributed by atoms with Gasteiger partial charge in [-0.1, -0.05) is 0 Å². The Morgan fingerprint density at radius 1 is 1.29 bits per heavy atom. The van der Waals surface area contributed by atoms with Crippen LogP contribution in [0.25, 0.3) is 11.3 Å². The molecule has 0 aliphatic heterocycles. The summed E-state index contributed by atoms with van der Waals surface area (Å²) in [5, 5.41) is 0. The van der Waals surface area contributed by atoms with E-state index in [9.17, 15) is 8.78 Å². The third-order valence-electron chi connectivity index (χ3n) is 2.34. The number of nitrogens with zero attached hydrogens (tertiary/aromatic N) is 1. The predicted octanol–water partition coefficient (Wildman–Crippen LogP) is 2.51. The monoisotopic (exact) mass is 238 g/mol. The highest BCUT2D eigenvalue weighted by Crippen LogP contribution is 2.24. The van der Waals surface area contributed by atoms with E-state index >= 15 is 0 Å². The first-order valence-corrected chi connectivity index (χ1v) is 5.31. The maximum absolute atomic E-state index is 13.4. The van der Waals surface area contributed by atoms with Crippen LogP contribution in [0.2, 0.25) is 0 Å². The molecule has 0 radical (unpaired) electrons. The van der Waals surface area contributed by atoms with Crippen LogP contribution in [0, 0.1) is 11.6 Å². The Balaban J connectivity index is 2.24. The first-order chi connectivity index (χ1) is 8.20. The Morgan fingerprint density at radius 3 is 2.82 bits per heavy atom. The Bertz CT molecular complexity index is 511. The molecule has 0 unspecified atom stereocenters. The minimum Gasteiger partial charge on any atom is -0.441 e. The SMILES string of the molecule is NCCCc1ncc(-c2ccc(F)cc2F)o1. The van der Waals surface area contributed by atoms with Gasteiger partial charge >= 0.3 is 0 Å². The van der Waals surface area contributed by atoms with Crippen molar-refractivity contribution >= 4 is 0 Å². The van der Waals surface area contributed by atoms with Gasteiger partial charge in [0.25, 0.3) is 0 Å². The van der Waals surface area contributed by atoms with E-state index in [0.717, 1.165) is 12.5 Å². The summed E-state index contributed by atoms with van der Waals surface area (Å²) in [6.07, 6.45) is 2.80. The molecule has 2 N–H and O–H groups in total. The van der Waals surface area contributed by atoms with E-state index in [0.29, 0.717) is 24.6 Å². The zero-order valence-electron chi connectivity index (χ0n) is 9.12. The third kappa shape index (κ3) is 2.68. The van der Waals surface area contributed by atoms with Crippen molar-refractivity contribution in [2.45, 2.75) is 12.8 Å². The van der Waals surface area contributed by atoms with Crippen molar-refractivity contribution in [2.24, 2.45) is 5.73 Å². The molecule has 0 fully saturated rings. The molecule has 0 bridgehead atoms. The van der Waals surface area contributed by atoms with Gasteiger partial charge in [0.2, 0.25) is 0 Å². The van der Waals surface area contributed by atoms with Gasteiger partial charge in [-0.05, 0) is 25.1 Å². The van der Waals surface area contributed by atoms with Crippen LogP contribution >= 0.6 is 0 Å². The van der Waals surface area contributed by atoms with E-state index in [1.54, 1.807) is 0 Å². The lowest BCUT2D eigenvalue weighted by molar-refractivity contribution is 0.495. The maximum atomic E-state index is 13.4. The van der Waals surface area contributed by atoms with Gasteiger partial charge in [0.1, 0.15) is 11.6 Å².